The number of unbranched alkanes of at least 4 members (excludes halogenated alkanes) is 3. The second kappa shape index (κ2) is 16.7. The Morgan fingerprint density at radius 1 is 0.774 bits per heavy atom. The fourth-order valence-electron chi connectivity index (χ4n) is 2.97. The third-order valence-electron chi connectivity index (χ3n) is 4.78. The van der Waals surface area contributed by atoms with E-state index in [4.69, 9.17) is 19.7 Å². The number of ether oxygens (including phenoxy) is 2. The minimum absolute atomic E-state index is 0.0129. The van der Waals surface area contributed by atoms with Gasteiger partial charge in [0.15, 0.2) is 6.29 Å². The quantitative estimate of drug-likeness (QED) is 0.164. The first-order valence-corrected chi connectivity index (χ1v) is 11.0. The molecule has 0 unspecified atom stereocenters. The van der Waals surface area contributed by atoms with Crippen LogP contribution in [-0.4, -0.2) is 77.8 Å². The van der Waals surface area contributed by atoms with Crippen LogP contribution in [0.2, 0.25) is 0 Å². The third-order valence-corrected chi connectivity index (χ3v) is 4.78. The highest BCUT2D eigenvalue weighted by Gasteiger charge is 2.23. The van der Waals surface area contributed by atoms with Crippen LogP contribution in [0.1, 0.15) is 64.2 Å². The summed E-state index contributed by atoms with van der Waals surface area (Å²) < 4.78 is 11.2. The zero-order chi connectivity index (χ0) is 22.9. The standard InChI is InChI=1S/C22H35NO8/c24-13-3-5-15-30-22(31-16-6-4-14-25)17-19(27)8-2-1-7-18(26)11-12-23-20(28)9-10-21(23)29/h9-10,22,24-25H,1-8,11-17H2. The van der Waals surface area contributed by atoms with E-state index < -0.39 is 18.1 Å². The van der Waals surface area contributed by atoms with Gasteiger partial charge in [0.2, 0.25) is 0 Å². The maximum absolute atomic E-state index is 12.2. The van der Waals surface area contributed by atoms with Gasteiger partial charge >= 0.3 is 0 Å². The van der Waals surface area contributed by atoms with Crippen molar-refractivity contribution in [3.8, 4) is 0 Å². The molecule has 9 heteroatoms. The predicted octanol–water partition coefficient (Wildman–Crippen LogP) is 1.29. The molecule has 0 aromatic heterocycles. The molecule has 0 aliphatic carbocycles. The first-order valence-electron chi connectivity index (χ1n) is 11.0. The number of Topliss-reactive ketones (excluding diaryl/α,β-unsaturated/α-hetero) is 2. The topological polar surface area (TPSA) is 130 Å². The number of carbonyl (C=O) groups is 4. The van der Waals surface area contributed by atoms with Gasteiger partial charge in [-0.3, -0.25) is 24.1 Å². The van der Waals surface area contributed by atoms with E-state index in [0.717, 1.165) is 4.90 Å². The summed E-state index contributed by atoms with van der Waals surface area (Å²) in [5, 5.41) is 17.7. The monoisotopic (exact) mass is 441 g/mol. The molecule has 0 spiro atoms. The Morgan fingerprint density at radius 2 is 1.29 bits per heavy atom. The maximum Gasteiger partial charge on any atom is 0.253 e. The SMILES string of the molecule is O=C(CCCCC(=O)CC(OCCCCO)OCCCCO)CCN1C(=O)C=CC1=O. The molecule has 176 valence electrons. The van der Waals surface area contributed by atoms with Crippen molar-refractivity contribution in [2.45, 2.75) is 70.5 Å². The van der Waals surface area contributed by atoms with Crippen molar-refractivity contribution in [2.24, 2.45) is 0 Å². The van der Waals surface area contributed by atoms with Crippen molar-refractivity contribution in [3.63, 3.8) is 0 Å². The highest BCUT2D eigenvalue weighted by Crippen LogP contribution is 2.11. The third kappa shape index (κ3) is 12.5. The van der Waals surface area contributed by atoms with Crippen molar-refractivity contribution >= 4 is 23.4 Å². The summed E-state index contributed by atoms with van der Waals surface area (Å²) in [6.07, 6.45) is 6.32. The molecule has 0 saturated carbocycles. The van der Waals surface area contributed by atoms with Gasteiger partial charge in [-0.25, -0.2) is 0 Å². The van der Waals surface area contributed by atoms with E-state index in [1.54, 1.807) is 0 Å². The molecule has 0 aromatic carbocycles. The number of hydrogen-bond donors (Lipinski definition) is 2. The van der Waals surface area contributed by atoms with E-state index in [2.05, 4.69) is 0 Å². The Morgan fingerprint density at radius 3 is 1.81 bits per heavy atom. The molecule has 1 aliphatic rings. The van der Waals surface area contributed by atoms with Gasteiger partial charge < -0.3 is 19.7 Å². The molecule has 1 rings (SSSR count). The lowest BCUT2D eigenvalue weighted by atomic mass is 10.1. The average molecular weight is 442 g/mol. The summed E-state index contributed by atoms with van der Waals surface area (Å²) in [6, 6.07) is 0. The number of amides is 2. The molecule has 9 nitrogen and oxygen atoms in total. The molecular formula is C22H35NO8. The molecule has 31 heavy (non-hydrogen) atoms. The number of aliphatic hydroxyl groups excluding tert-OH is 2. The second-order valence-corrected chi connectivity index (χ2v) is 7.43. The van der Waals surface area contributed by atoms with Crippen LogP contribution in [0.4, 0.5) is 0 Å². The van der Waals surface area contributed by atoms with Crippen molar-refractivity contribution in [1.82, 2.24) is 4.90 Å². The summed E-state index contributed by atoms with van der Waals surface area (Å²) in [5.74, 6) is -0.844. The highest BCUT2D eigenvalue weighted by atomic mass is 16.7. The number of hydrogen-bond acceptors (Lipinski definition) is 8. The molecule has 0 saturated heterocycles. The zero-order valence-electron chi connectivity index (χ0n) is 18.1. The summed E-state index contributed by atoms with van der Waals surface area (Å²) in [4.78, 5) is 48.1. The van der Waals surface area contributed by atoms with Crippen molar-refractivity contribution in [1.29, 1.82) is 0 Å². The number of imide groups is 1. The molecule has 1 heterocycles. The maximum atomic E-state index is 12.2. The number of nitrogens with zero attached hydrogens (tertiary/aromatic N) is 1. The number of aliphatic hydroxyl groups is 2. The number of ketones is 2. The fraction of sp³-hybridized carbons (Fsp3) is 0.727. The Labute approximate surface area is 183 Å². The molecule has 1 aliphatic heterocycles. The van der Waals surface area contributed by atoms with Gasteiger partial charge in [0.05, 0.1) is 6.42 Å². The van der Waals surface area contributed by atoms with Gasteiger partial charge in [0, 0.05) is 64.4 Å². The predicted molar refractivity (Wildman–Crippen MR) is 112 cm³/mol. The van der Waals surface area contributed by atoms with Gasteiger partial charge in [-0.05, 0) is 38.5 Å². The van der Waals surface area contributed by atoms with Crippen LogP contribution in [0, 0.1) is 0 Å². The minimum Gasteiger partial charge on any atom is -0.396 e. The van der Waals surface area contributed by atoms with E-state index >= 15 is 0 Å². The lowest BCUT2D eigenvalue weighted by Crippen LogP contribution is -2.32. The molecule has 0 bridgehead atoms. The molecule has 0 radical (unpaired) electrons. The highest BCUT2D eigenvalue weighted by molar-refractivity contribution is 6.13. The summed E-state index contributed by atoms with van der Waals surface area (Å²) in [5.41, 5.74) is 0. The molecule has 0 fully saturated rings. The van der Waals surface area contributed by atoms with Gasteiger partial charge in [-0.1, -0.05) is 0 Å². The Bertz CT molecular complexity index is 574. The Kier molecular flexibility index (Phi) is 14.6. The fourth-order valence-corrected chi connectivity index (χ4v) is 2.97. The van der Waals surface area contributed by atoms with Gasteiger partial charge in [-0.15, -0.1) is 0 Å². The van der Waals surface area contributed by atoms with Gasteiger partial charge in [0.25, 0.3) is 11.8 Å². The number of rotatable bonds is 20. The van der Waals surface area contributed by atoms with Crippen molar-refractivity contribution in [2.75, 3.05) is 33.0 Å². The van der Waals surface area contributed by atoms with Crippen LogP contribution in [0.3, 0.4) is 0 Å². The molecule has 2 N–H and O–H groups in total. The summed E-state index contributed by atoms with van der Waals surface area (Å²) in [7, 11) is 0. The number of carbonyl (C=O) groups excluding carboxylic acids is 4. The van der Waals surface area contributed by atoms with E-state index in [0.29, 0.717) is 64.6 Å². The summed E-state index contributed by atoms with van der Waals surface area (Å²) >= 11 is 0. The molecule has 0 atom stereocenters. The molecule has 0 aromatic rings. The van der Waals surface area contributed by atoms with Crippen LogP contribution in [0.5, 0.6) is 0 Å². The normalized spacial score (nSPS) is 13.6. The van der Waals surface area contributed by atoms with Gasteiger partial charge in [0.1, 0.15) is 11.6 Å². The van der Waals surface area contributed by atoms with Crippen LogP contribution in [-0.2, 0) is 28.7 Å². The average Bonchev–Trinajstić information content (AvgIpc) is 3.07. The smallest absolute Gasteiger partial charge is 0.253 e. The van der Waals surface area contributed by atoms with Crippen LogP contribution in [0.25, 0.3) is 0 Å². The van der Waals surface area contributed by atoms with E-state index in [-0.39, 0.29) is 44.2 Å². The Balaban J connectivity index is 2.20. The van der Waals surface area contributed by atoms with E-state index in [1.807, 2.05) is 0 Å². The van der Waals surface area contributed by atoms with Crippen LogP contribution in [0.15, 0.2) is 12.2 Å². The Hall–Kier alpha value is -1.94. The van der Waals surface area contributed by atoms with Crippen LogP contribution >= 0.6 is 0 Å². The largest absolute Gasteiger partial charge is 0.396 e. The summed E-state index contributed by atoms with van der Waals surface area (Å²) in [6.45, 7) is 1.05. The first kappa shape index (κ1) is 27.1. The first-order chi connectivity index (χ1) is 15.0. The second-order valence-electron chi connectivity index (χ2n) is 7.43. The van der Waals surface area contributed by atoms with Crippen molar-refractivity contribution < 1.29 is 38.9 Å². The molecular weight excluding hydrogens is 406 g/mol. The van der Waals surface area contributed by atoms with Crippen molar-refractivity contribution in [3.05, 3.63) is 12.2 Å². The minimum atomic E-state index is -0.643. The molecule has 2 amide bonds. The zero-order valence-corrected chi connectivity index (χ0v) is 18.1. The lowest BCUT2D eigenvalue weighted by molar-refractivity contribution is -0.157. The van der Waals surface area contributed by atoms with E-state index in [1.165, 1.54) is 12.2 Å². The van der Waals surface area contributed by atoms with Gasteiger partial charge in [-0.2, -0.15) is 0 Å². The lowest BCUT2D eigenvalue weighted by Gasteiger charge is -2.18. The van der Waals surface area contributed by atoms with E-state index in [9.17, 15) is 19.2 Å². The van der Waals surface area contributed by atoms with Crippen LogP contribution < -0.4 is 0 Å².